The summed E-state index contributed by atoms with van der Waals surface area (Å²) in [5.41, 5.74) is 4.73. The Bertz CT molecular complexity index is 1360. The van der Waals surface area contributed by atoms with E-state index in [2.05, 4.69) is 78.7 Å². The number of pyridine rings is 1. The van der Waals surface area contributed by atoms with E-state index in [9.17, 15) is 14.7 Å². The van der Waals surface area contributed by atoms with Gasteiger partial charge in [0.05, 0.1) is 12.5 Å². The third-order valence-corrected chi connectivity index (χ3v) is 14.6. The van der Waals surface area contributed by atoms with Gasteiger partial charge >= 0.3 is 6.09 Å². The number of carboxylic acid groups (broad SMARTS) is 1. The van der Waals surface area contributed by atoms with E-state index in [4.69, 9.17) is 4.43 Å². The van der Waals surface area contributed by atoms with Gasteiger partial charge in [-0.15, -0.1) is 0 Å². The van der Waals surface area contributed by atoms with Crippen LogP contribution in [0, 0.1) is 0 Å². The number of rotatable bonds is 11. The molecule has 7 nitrogen and oxygen atoms in total. The van der Waals surface area contributed by atoms with E-state index in [1.165, 1.54) is 7.05 Å². The summed E-state index contributed by atoms with van der Waals surface area (Å²) < 4.78 is 6.77. The molecular weight excluding hydrogens is 542 g/mol. The molecule has 1 unspecified atom stereocenters. The zero-order valence-corrected chi connectivity index (χ0v) is 28.0. The molecule has 2 amide bonds. The van der Waals surface area contributed by atoms with Crippen LogP contribution in [0.5, 0.6) is 0 Å². The molecule has 0 aliphatic carbocycles. The fraction of sp³-hybridized carbons (Fsp3) is 0.500. The van der Waals surface area contributed by atoms with E-state index >= 15 is 0 Å². The average molecular weight is 592 g/mol. The third kappa shape index (κ3) is 7.39. The molecule has 0 saturated heterocycles. The summed E-state index contributed by atoms with van der Waals surface area (Å²) in [5.74, 6) is -0.950. The summed E-state index contributed by atoms with van der Waals surface area (Å²) in [6.45, 7) is 20.5. The lowest BCUT2D eigenvalue weighted by Gasteiger charge is -2.42. The first kappa shape index (κ1) is 33.3. The molecule has 42 heavy (non-hydrogen) atoms. The Morgan fingerprint density at radius 1 is 0.952 bits per heavy atom. The predicted octanol–water partition coefficient (Wildman–Crippen LogP) is 8.56. The molecule has 0 aliphatic heterocycles. The van der Waals surface area contributed by atoms with Crippen molar-refractivity contribution in [2.75, 3.05) is 18.9 Å². The zero-order valence-electron chi connectivity index (χ0n) is 27.0. The van der Waals surface area contributed by atoms with Crippen molar-refractivity contribution < 1.29 is 19.1 Å². The van der Waals surface area contributed by atoms with Gasteiger partial charge in [0.15, 0.2) is 0 Å². The van der Waals surface area contributed by atoms with Crippen LogP contribution in [-0.4, -0.2) is 48.9 Å². The first-order valence-corrected chi connectivity index (χ1v) is 17.1. The number of amides is 2. The van der Waals surface area contributed by atoms with E-state index in [1.807, 2.05) is 42.6 Å². The Morgan fingerprint density at radius 2 is 1.55 bits per heavy atom. The Labute approximate surface area is 252 Å². The molecule has 0 bridgehead atoms. The molecule has 1 atom stereocenters. The maximum Gasteiger partial charge on any atom is 0.407 e. The van der Waals surface area contributed by atoms with E-state index in [0.717, 1.165) is 38.1 Å². The first-order valence-electron chi connectivity index (χ1n) is 14.9. The van der Waals surface area contributed by atoms with E-state index in [0.29, 0.717) is 23.2 Å². The number of hydrogen-bond donors (Lipinski definition) is 2. The Hall–Kier alpha value is -3.23. The molecule has 0 spiro atoms. The number of nitrogens with one attached hydrogen (secondary N) is 1. The maximum absolute atomic E-state index is 13.9. The lowest BCUT2D eigenvalue weighted by atomic mass is 9.84. The summed E-state index contributed by atoms with van der Waals surface area (Å²) in [5, 5.41) is 14.7. The molecule has 0 radical (unpaired) electrons. The van der Waals surface area contributed by atoms with Gasteiger partial charge in [0.25, 0.3) is 0 Å². The van der Waals surface area contributed by atoms with Crippen molar-refractivity contribution in [2.45, 2.75) is 96.9 Å². The predicted molar refractivity (Wildman–Crippen MR) is 175 cm³/mol. The third-order valence-electron chi connectivity index (χ3n) is 8.52. The van der Waals surface area contributed by atoms with Crippen molar-refractivity contribution >= 4 is 36.8 Å². The molecule has 0 fully saturated rings. The highest BCUT2D eigenvalue weighted by molar-refractivity contribution is 6.77. The van der Waals surface area contributed by atoms with Crippen LogP contribution in [0.25, 0.3) is 10.8 Å². The van der Waals surface area contributed by atoms with Crippen molar-refractivity contribution in [3.8, 4) is 0 Å². The van der Waals surface area contributed by atoms with Crippen molar-refractivity contribution in [3.63, 3.8) is 0 Å². The van der Waals surface area contributed by atoms with Crippen LogP contribution < -0.4 is 5.32 Å². The minimum absolute atomic E-state index is 0.0312. The van der Waals surface area contributed by atoms with Gasteiger partial charge in [-0.05, 0) is 62.3 Å². The molecule has 2 aromatic carbocycles. The smallest absolute Gasteiger partial charge is 0.407 e. The Kier molecular flexibility index (Phi) is 10.6. The highest BCUT2D eigenvalue weighted by Crippen LogP contribution is 2.43. The number of hydrogen-bond acceptors (Lipinski definition) is 4. The van der Waals surface area contributed by atoms with Crippen molar-refractivity contribution in [3.05, 3.63) is 71.5 Å². The van der Waals surface area contributed by atoms with E-state index in [1.54, 1.807) is 6.20 Å². The SMILES string of the molecule is CC(C)[Si](OCc1ccc(C(CN(C)C(=O)O)C(=O)Nc2cc3ccncc3cc2C(C)(C)C)cc1)(C(C)C)C(C)C. The second kappa shape index (κ2) is 13.4. The van der Waals surface area contributed by atoms with Crippen LogP contribution in [-0.2, 0) is 21.2 Å². The summed E-state index contributed by atoms with van der Waals surface area (Å²) in [7, 11) is -0.533. The van der Waals surface area contributed by atoms with Crippen LogP contribution in [0.4, 0.5) is 10.5 Å². The molecule has 0 aliphatic rings. The molecule has 228 valence electrons. The summed E-state index contributed by atoms with van der Waals surface area (Å²) in [6.07, 6.45) is 2.47. The van der Waals surface area contributed by atoms with Gasteiger partial charge < -0.3 is 19.7 Å². The second-order valence-corrected chi connectivity index (χ2v) is 18.9. The van der Waals surface area contributed by atoms with E-state index < -0.39 is 20.3 Å². The van der Waals surface area contributed by atoms with Crippen LogP contribution in [0.15, 0.2) is 54.9 Å². The fourth-order valence-electron chi connectivity index (χ4n) is 6.33. The van der Waals surface area contributed by atoms with Gasteiger partial charge in [0.1, 0.15) is 0 Å². The molecule has 3 rings (SSSR count). The molecule has 2 N–H and O–H groups in total. The lowest BCUT2D eigenvalue weighted by Crippen LogP contribution is -2.47. The van der Waals surface area contributed by atoms with Gasteiger partial charge in [-0.2, -0.15) is 0 Å². The highest BCUT2D eigenvalue weighted by atomic mass is 28.4. The van der Waals surface area contributed by atoms with Gasteiger partial charge in [0, 0.05) is 37.1 Å². The number of nitrogens with zero attached hydrogens (tertiary/aromatic N) is 2. The number of aromatic nitrogens is 1. The minimum atomic E-state index is -2.02. The number of carbonyl (C=O) groups is 2. The van der Waals surface area contributed by atoms with Crippen LogP contribution >= 0.6 is 0 Å². The number of fused-ring (bicyclic) bond motifs is 1. The normalized spacial score (nSPS) is 13.2. The maximum atomic E-state index is 13.9. The Balaban J connectivity index is 1.93. The zero-order chi connectivity index (χ0) is 31.4. The van der Waals surface area contributed by atoms with Gasteiger partial charge in [-0.25, -0.2) is 4.79 Å². The monoisotopic (exact) mass is 591 g/mol. The van der Waals surface area contributed by atoms with Gasteiger partial charge in [-0.1, -0.05) is 86.6 Å². The van der Waals surface area contributed by atoms with Crippen LogP contribution in [0.3, 0.4) is 0 Å². The van der Waals surface area contributed by atoms with Crippen LogP contribution in [0.2, 0.25) is 16.6 Å². The van der Waals surface area contributed by atoms with E-state index in [-0.39, 0.29) is 17.9 Å². The van der Waals surface area contributed by atoms with Crippen molar-refractivity contribution in [1.29, 1.82) is 0 Å². The summed E-state index contributed by atoms with van der Waals surface area (Å²) in [6, 6.07) is 13.8. The number of carbonyl (C=O) groups excluding carboxylic acids is 1. The number of anilines is 1. The largest absolute Gasteiger partial charge is 0.465 e. The topological polar surface area (TPSA) is 91.8 Å². The molecule has 0 saturated carbocycles. The highest BCUT2D eigenvalue weighted by Gasteiger charge is 2.45. The van der Waals surface area contributed by atoms with Gasteiger partial charge in [-0.3, -0.25) is 9.78 Å². The minimum Gasteiger partial charge on any atom is -0.465 e. The Morgan fingerprint density at radius 3 is 2.07 bits per heavy atom. The summed E-state index contributed by atoms with van der Waals surface area (Å²) >= 11 is 0. The summed E-state index contributed by atoms with van der Waals surface area (Å²) in [4.78, 5) is 31.1. The first-order chi connectivity index (χ1) is 19.6. The molecule has 1 aromatic heterocycles. The average Bonchev–Trinajstić information content (AvgIpc) is 2.90. The lowest BCUT2D eigenvalue weighted by molar-refractivity contribution is -0.117. The standard InChI is InChI=1S/C34H49N3O4Si/c1-22(2)42(23(3)4,24(5)6)41-21-25-11-13-26(14-12-25)29(20-37(10)33(39)40)32(38)36-31-18-27-15-16-35-19-28(27)17-30(31)34(7,8)9/h11-19,22-24,29H,20-21H2,1-10H3,(H,36,38)(H,39,40). The second-order valence-electron chi connectivity index (χ2n) is 13.4. The molecule has 8 heteroatoms. The molecule has 3 aromatic rings. The quantitative estimate of drug-likeness (QED) is 0.218. The fourth-order valence-corrected chi connectivity index (χ4v) is 11.7. The number of benzene rings is 2. The molecule has 1 heterocycles. The van der Waals surface area contributed by atoms with Crippen molar-refractivity contribution in [1.82, 2.24) is 9.88 Å². The van der Waals surface area contributed by atoms with Crippen LogP contribution in [0.1, 0.15) is 84.9 Å². The van der Waals surface area contributed by atoms with Gasteiger partial charge in [0.2, 0.25) is 14.2 Å². The van der Waals surface area contributed by atoms with Crippen molar-refractivity contribution in [2.24, 2.45) is 0 Å². The number of likely N-dealkylation sites (N-methyl/N-ethyl adjacent to an activating group) is 1. The molecular formula is C34H49N3O4Si.